The molecule has 7 heteroatoms. The van der Waals surface area contributed by atoms with Crippen molar-refractivity contribution in [2.75, 3.05) is 11.9 Å². The molecule has 23 heavy (non-hydrogen) atoms. The molecule has 0 fully saturated rings. The molecule has 3 aromatic rings. The van der Waals surface area contributed by atoms with Gasteiger partial charge in [-0.3, -0.25) is 4.79 Å². The summed E-state index contributed by atoms with van der Waals surface area (Å²) in [7, 11) is 1.74. The molecule has 1 aliphatic rings. The van der Waals surface area contributed by atoms with E-state index in [1.54, 1.807) is 19.2 Å². The Labute approximate surface area is 131 Å². The maximum absolute atomic E-state index is 12.5. The molecule has 1 amide bonds. The molecule has 0 radical (unpaired) electrons. The molecule has 2 heterocycles. The molecular weight excluding hydrogens is 296 g/mol. The third-order valence-corrected chi connectivity index (χ3v) is 3.57. The second kappa shape index (κ2) is 5.28. The van der Waals surface area contributed by atoms with Crippen molar-refractivity contribution in [3.63, 3.8) is 0 Å². The summed E-state index contributed by atoms with van der Waals surface area (Å²) in [6.07, 6.45) is -0.711. The van der Waals surface area contributed by atoms with E-state index in [1.165, 1.54) is 4.80 Å². The molecule has 1 N–H and O–H groups in total. The van der Waals surface area contributed by atoms with Gasteiger partial charge in [-0.25, -0.2) is 0 Å². The number of aryl methyl sites for hydroxylation is 1. The molecule has 1 unspecified atom stereocenters. The number of para-hydroxylation sites is 2. The van der Waals surface area contributed by atoms with Gasteiger partial charge in [0.15, 0.2) is 11.5 Å². The summed E-state index contributed by atoms with van der Waals surface area (Å²) >= 11 is 0. The average Bonchev–Trinajstić information content (AvgIpc) is 2.95. The molecule has 0 saturated carbocycles. The lowest BCUT2D eigenvalue weighted by Gasteiger charge is -2.25. The van der Waals surface area contributed by atoms with Crippen LogP contribution in [0.2, 0.25) is 0 Å². The topological polar surface area (TPSA) is 78.3 Å². The van der Waals surface area contributed by atoms with Crippen molar-refractivity contribution in [3.05, 3.63) is 42.5 Å². The van der Waals surface area contributed by atoms with Gasteiger partial charge in [0.1, 0.15) is 17.6 Å². The first-order valence-electron chi connectivity index (χ1n) is 7.20. The summed E-state index contributed by atoms with van der Waals surface area (Å²) < 4.78 is 11.3. The molecule has 1 atom stereocenters. The van der Waals surface area contributed by atoms with E-state index in [2.05, 4.69) is 15.5 Å². The Kier molecular flexibility index (Phi) is 3.11. The van der Waals surface area contributed by atoms with Crippen LogP contribution in [0.5, 0.6) is 11.5 Å². The number of ether oxygens (including phenoxy) is 2. The third kappa shape index (κ3) is 2.46. The van der Waals surface area contributed by atoms with E-state index in [-0.39, 0.29) is 12.5 Å². The fraction of sp³-hybridized carbons (Fsp3) is 0.188. The van der Waals surface area contributed by atoms with Crippen molar-refractivity contribution in [1.82, 2.24) is 15.0 Å². The van der Waals surface area contributed by atoms with Gasteiger partial charge in [0, 0.05) is 7.05 Å². The molecule has 0 saturated heterocycles. The smallest absolute Gasteiger partial charge is 0.269 e. The Morgan fingerprint density at radius 1 is 1.17 bits per heavy atom. The third-order valence-electron chi connectivity index (χ3n) is 3.57. The molecule has 7 nitrogen and oxygen atoms in total. The highest BCUT2D eigenvalue weighted by Gasteiger charge is 2.27. The lowest BCUT2D eigenvalue weighted by atomic mass is 10.2. The Balaban J connectivity index is 1.56. The van der Waals surface area contributed by atoms with Crippen molar-refractivity contribution in [3.8, 4) is 11.5 Å². The van der Waals surface area contributed by atoms with Crippen molar-refractivity contribution in [1.29, 1.82) is 0 Å². The van der Waals surface area contributed by atoms with Crippen molar-refractivity contribution in [2.45, 2.75) is 6.10 Å². The van der Waals surface area contributed by atoms with Crippen LogP contribution in [0.3, 0.4) is 0 Å². The maximum atomic E-state index is 12.5. The van der Waals surface area contributed by atoms with Gasteiger partial charge in [-0.05, 0) is 24.3 Å². The van der Waals surface area contributed by atoms with Crippen molar-refractivity contribution < 1.29 is 14.3 Å². The summed E-state index contributed by atoms with van der Waals surface area (Å²) in [5, 5.41) is 11.3. The van der Waals surface area contributed by atoms with Crippen LogP contribution in [0.4, 0.5) is 5.69 Å². The number of nitrogens with zero attached hydrogens (tertiary/aromatic N) is 3. The largest absolute Gasteiger partial charge is 0.485 e. The van der Waals surface area contributed by atoms with E-state index in [1.807, 2.05) is 30.3 Å². The first kappa shape index (κ1) is 13.6. The Morgan fingerprint density at radius 2 is 2.00 bits per heavy atom. The van der Waals surface area contributed by atoms with E-state index in [9.17, 15) is 4.79 Å². The summed E-state index contributed by atoms with van der Waals surface area (Å²) in [4.78, 5) is 13.9. The monoisotopic (exact) mass is 310 g/mol. The van der Waals surface area contributed by atoms with E-state index in [0.29, 0.717) is 22.7 Å². The number of aromatic nitrogens is 3. The van der Waals surface area contributed by atoms with E-state index in [0.717, 1.165) is 5.52 Å². The molecule has 1 aromatic heterocycles. The van der Waals surface area contributed by atoms with Crippen LogP contribution in [-0.4, -0.2) is 33.6 Å². The number of anilines is 1. The quantitative estimate of drug-likeness (QED) is 0.780. The van der Waals surface area contributed by atoms with Crippen molar-refractivity contribution >= 4 is 22.6 Å². The van der Waals surface area contributed by atoms with Crippen LogP contribution in [0.1, 0.15) is 0 Å². The van der Waals surface area contributed by atoms with Gasteiger partial charge in [0.25, 0.3) is 5.91 Å². The summed E-state index contributed by atoms with van der Waals surface area (Å²) in [6.45, 7) is 0.166. The normalized spacial score (nSPS) is 16.3. The summed E-state index contributed by atoms with van der Waals surface area (Å²) in [6, 6.07) is 12.7. The van der Waals surface area contributed by atoms with E-state index in [4.69, 9.17) is 9.47 Å². The number of carbonyl (C=O) groups is 1. The Bertz CT molecular complexity index is 890. The predicted octanol–water partition coefficient (Wildman–Crippen LogP) is 1.75. The Morgan fingerprint density at radius 3 is 2.87 bits per heavy atom. The number of hydrogen-bond acceptors (Lipinski definition) is 5. The number of carbonyl (C=O) groups excluding carboxylic acids is 1. The molecule has 4 rings (SSSR count). The minimum absolute atomic E-state index is 0.166. The van der Waals surface area contributed by atoms with Crippen LogP contribution in [0.25, 0.3) is 11.0 Å². The predicted molar refractivity (Wildman–Crippen MR) is 83.5 cm³/mol. The molecule has 0 aliphatic carbocycles. The van der Waals surface area contributed by atoms with Crippen LogP contribution in [-0.2, 0) is 11.8 Å². The number of amides is 1. The fourth-order valence-corrected chi connectivity index (χ4v) is 2.50. The average molecular weight is 310 g/mol. The zero-order chi connectivity index (χ0) is 15.8. The molecular formula is C16H14N4O3. The number of nitrogens with one attached hydrogen (secondary N) is 1. The molecule has 0 spiro atoms. The second-order valence-electron chi connectivity index (χ2n) is 5.22. The number of fused-ring (bicyclic) bond motifs is 2. The van der Waals surface area contributed by atoms with Crippen molar-refractivity contribution in [2.24, 2.45) is 7.05 Å². The lowest BCUT2D eigenvalue weighted by Crippen LogP contribution is -2.40. The number of benzene rings is 2. The van der Waals surface area contributed by atoms with Gasteiger partial charge >= 0.3 is 0 Å². The Hall–Kier alpha value is -3.09. The minimum Gasteiger partial charge on any atom is -0.485 e. The van der Waals surface area contributed by atoms with Crippen LogP contribution >= 0.6 is 0 Å². The molecule has 0 bridgehead atoms. The van der Waals surface area contributed by atoms with Gasteiger partial charge < -0.3 is 14.8 Å². The highest BCUT2D eigenvalue weighted by atomic mass is 16.6. The first-order chi connectivity index (χ1) is 11.2. The minimum atomic E-state index is -0.711. The van der Waals surface area contributed by atoms with Crippen LogP contribution in [0.15, 0.2) is 42.5 Å². The molecule has 116 valence electrons. The van der Waals surface area contributed by atoms with Gasteiger partial charge in [-0.1, -0.05) is 18.2 Å². The van der Waals surface area contributed by atoms with Gasteiger partial charge in [0.05, 0.1) is 5.69 Å². The highest BCUT2D eigenvalue weighted by Crippen LogP contribution is 2.31. The maximum Gasteiger partial charge on any atom is 0.269 e. The van der Waals surface area contributed by atoms with E-state index < -0.39 is 6.10 Å². The van der Waals surface area contributed by atoms with Crippen LogP contribution < -0.4 is 14.8 Å². The highest BCUT2D eigenvalue weighted by molar-refractivity contribution is 6.01. The van der Waals surface area contributed by atoms with E-state index >= 15 is 0 Å². The fourth-order valence-electron chi connectivity index (χ4n) is 2.50. The SMILES string of the molecule is Cn1nc2cccc(NC(=O)C3COc4ccccc4O3)c2n1. The number of hydrogen-bond donors (Lipinski definition) is 1. The summed E-state index contributed by atoms with van der Waals surface area (Å²) in [5.41, 5.74) is 1.96. The summed E-state index contributed by atoms with van der Waals surface area (Å²) in [5.74, 6) is 0.932. The molecule has 2 aromatic carbocycles. The van der Waals surface area contributed by atoms with Crippen LogP contribution in [0, 0.1) is 0 Å². The lowest BCUT2D eigenvalue weighted by molar-refractivity contribution is -0.125. The standard InChI is InChI=1S/C16H14N4O3/c1-20-18-11-6-4-5-10(15(11)19-20)17-16(21)14-9-22-12-7-2-3-8-13(12)23-14/h2-8,14H,9H2,1H3,(H,17,21). The van der Waals surface area contributed by atoms with Gasteiger partial charge in [-0.2, -0.15) is 15.0 Å². The number of rotatable bonds is 2. The van der Waals surface area contributed by atoms with Gasteiger partial charge in [0.2, 0.25) is 6.10 Å². The molecule has 1 aliphatic heterocycles. The second-order valence-corrected chi connectivity index (χ2v) is 5.22. The van der Waals surface area contributed by atoms with Gasteiger partial charge in [-0.15, -0.1) is 0 Å². The first-order valence-corrected chi connectivity index (χ1v) is 7.20. The zero-order valence-electron chi connectivity index (χ0n) is 12.4. The zero-order valence-corrected chi connectivity index (χ0v) is 12.4.